The van der Waals surface area contributed by atoms with E-state index in [1.165, 1.54) is 7.11 Å². The molecule has 0 aromatic carbocycles. The van der Waals surface area contributed by atoms with Crippen molar-refractivity contribution in [2.45, 2.75) is 19.4 Å². The van der Waals surface area contributed by atoms with E-state index in [4.69, 9.17) is 4.74 Å². The van der Waals surface area contributed by atoms with E-state index in [1.54, 1.807) is 0 Å². The van der Waals surface area contributed by atoms with Crippen molar-refractivity contribution in [3.63, 3.8) is 0 Å². The Hall–Kier alpha value is -0.570. The highest BCUT2D eigenvalue weighted by Crippen LogP contribution is 2.19. The minimum Gasteiger partial charge on any atom is -0.467 e. The van der Waals surface area contributed by atoms with Crippen LogP contribution in [0.25, 0.3) is 0 Å². The fraction of sp³-hybridized carbons (Fsp3) is 0.857. The van der Waals surface area contributed by atoms with Crippen LogP contribution in [-0.2, 0) is 14.3 Å². The average Bonchev–Trinajstić information content (AvgIpc) is 2.34. The molecule has 58 valence electrons. The van der Waals surface area contributed by atoms with E-state index in [0.717, 1.165) is 6.42 Å². The summed E-state index contributed by atoms with van der Waals surface area (Å²) in [7, 11) is 1.38. The molecule has 1 aliphatic heterocycles. The summed E-state index contributed by atoms with van der Waals surface area (Å²) in [5, 5.41) is 0. The summed E-state index contributed by atoms with van der Waals surface area (Å²) in [5.74, 6) is 0.244. The maximum Gasteiger partial charge on any atom is 0.334 e. The summed E-state index contributed by atoms with van der Waals surface area (Å²) < 4.78 is 9.66. The first-order valence-electron chi connectivity index (χ1n) is 3.43. The van der Waals surface area contributed by atoms with Gasteiger partial charge in [0.15, 0.2) is 6.10 Å². The van der Waals surface area contributed by atoms with Gasteiger partial charge in [0.05, 0.1) is 13.7 Å². The second-order valence-electron chi connectivity index (χ2n) is 2.69. The van der Waals surface area contributed by atoms with Gasteiger partial charge in [-0.15, -0.1) is 0 Å². The fourth-order valence-electron chi connectivity index (χ4n) is 1.08. The van der Waals surface area contributed by atoms with Crippen molar-refractivity contribution in [1.29, 1.82) is 0 Å². The van der Waals surface area contributed by atoms with Gasteiger partial charge in [-0.3, -0.25) is 0 Å². The van der Waals surface area contributed by atoms with Gasteiger partial charge in [0.2, 0.25) is 0 Å². The monoisotopic (exact) mass is 144 g/mol. The fourth-order valence-corrected chi connectivity index (χ4v) is 1.08. The molecule has 0 N–H and O–H groups in total. The van der Waals surface area contributed by atoms with Crippen molar-refractivity contribution < 1.29 is 14.3 Å². The van der Waals surface area contributed by atoms with Crippen LogP contribution in [-0.4, -0.2) is 25.8 Å². The van der Waals surface area contributed by atoms with E-state index in [1.807, 2.05) is 0 Å². The predicted molar refractivity (Wildman–Crippen MR) is 35.5 cm³/mol. The number of methoxy groups -OCH3 is 1. The first-order chi connectivity index (χ1) is 4.74. The van der Waals surface area contributed by atoms with Crippen LogP contribution >= 0.6 is 0 Å². The number of esters is 1. The Morgan fingerprint density at radius 3 is 2.80 bits per heavy atom. The molecular weight excluding hydrogens is 132 g/mol. The van der Waals surface area contributed by atoms with Gasteiger partial charge in [-0.2, -0.15) is 0 Å². The van der Waals surface area contributed by atoms with E-state index >= 15 is 0 Å². The van der Waals surface area contributed by atoms with Gasteiger partial charge < -0.3 is 9.47 Å². The highest BCUT2D eigenvalue weighted by Gasteiger charge is 2.28. The van der Waals surface area contributed by atoms with Crippen molar-refractivity contribution in [3.05, 3.63) is 0 Å². The van der Waals surface area contributed by atoms with Gasteiger partial charge in [0, 0.05) is 0 Å². The molecule has 1 rings (SSSR count). The van der Waals surface area contributed by atoms with Crippen LogP contribution < -0.4 is 0 Å². The smallest absolute Gasteiger partial charge is 0.334 e. The highest BCUT2D eigenvalue weighted by molar-refractivity contribution is 5.74. The molecule has 0 spiro atoms. The number of hydrogen-bond donors (Lipinski definition) is 0. The Labute approximate surface area is 60.3 Å². The molecule has 0 aliphatic carbocycles. The third-order valence-electron chi connectivity index (χ3n) is 1.66. The SMILES string of the molecule is COC(=O)[C@H]1C[C@@H](C)CO1. The van der Waals surface area contributed by atoms with Gasteiger partial charge in [-0.25, -0.2) is 4.79 Å². The van der Waals surface area contributed by atoms with Crippen LogP contribution in [0.15, 0.2) is 0 Å². The van der Waals surface area contributed by atoms with Crippen molar-refractivity contribution in [1.82, 2.24) is 0 Å². The van der Waals surface area contributed by atoms with Crippen LogP contribution in [0.3, 0.4) is 0 Å². The Morgan fingerprint density at radius 1 is 1.70 bits per heavy atom. The van der Waals surface area contributed by atoms with E-state index in [-0.39, 0.29) is 12.1 Å². The number of carbonyl (C=O) groups excluding carboxylic acids is 1. The summed E-state index contributed by atoms with van der Waals surface area (Å²) in [6.07, 6.45) is 0.493. The first-order valence-corrected chi connectivity index (χ1v) is 3.43. The Morgan fingerprint density at radius 2 is 2.40 bits per heavy atom. The lowest BCUT2D eigenvalue weighted by Crippen LogP contribution is -2.20. The lowest BCUT2D eigenvalue weighted by Gasteiger charge is -2.04. The van der Waals surface area contributed by atoms with Crippen LogP contribution in [0.4, 0.5) is 0 Å². The third kappa shape index (κ3) is 1.48. The molecule has 0 radical (unpaired) electrons. The second kappa shape index (κ2) is 3.01. The van der Waals surface area contributed by atoms with Crippen molar-refractivity contribution in [2.75, 3.05) is 13.7 Å². The van der Waals surface area contributed by atoms with E-state index in [9.17, 15) is 4.79 Å². The first kappa shape index (κ1) is 7.54. The molecule has 0 amide bonds. The number of rotatable bonds is 1. The molecule has 0 aromatic heterocycles. The maximum atomic E-state index is 10.8. The molecule has 3 heteroatoms. The Bertz CT molecular complexity index is 133. The minimum atomic E-state index is -0.306. The molecule has 0 saturated carbocycles. The van der Waals surface area contributed by atoms with Crippen molar-refractivity contribution in [2.24, 2.45) is 5.92 Å². The third-order valence-corrected chi connectivity index (χ3v) is 1.66. The molecule has 0 unspecified atom stereocenters. The van der Waals surface area contributed by atoms with E-state index < -0.39 is 0 Å². The zero-order chi connectivity index (χ0) is 7.56. The van der Waals surface area contributed by atoms with Gasteiger partial charge >= 0.3 is 5.97 Å². The van der Waals surface area contributed by atoms with E-state index in [2.05, 4.69) is 11.7 Å². The molecule has 1 aliphatic rings. The average molecular weight is 144 g/mol. The summed E-state index contributed by atoms with van der Waals surface area (Å²) in [6, 6.07) is 0. The molecular formula is C7H12O3. The van der Waals surface area contributed by atoms with Crippen LogP contribution in [0.5, 0.6) is 0 Å². The molecule has 2 atom stereocenters. The van der Waals surface area contributed by atoms with Gasteiger partial charge in [-0.1, -0.05) is 6.92 Å². The Kier molecular flexibility index (Phi) is 2.27. The summed E-state index contributed by atoms with van der Waals surface area (Å²) >= 11 is 0. The molecule has 0 aromatic rings. The largest absolute Gasteiger partial charge is 0.467 e. The lowest BCUT2D eigenvalue weighted by atomic mass is 10.1. The minimum absolute atomic E-state index is 0.246. The Balaban J connectivity index is 2.37. The number of hydrogen-bond acceptors (Lipinski definition) is 3. The molecule has 3 nitrogen and oxygen atoms in total. The normalized spacial score (nSPS) is 32.2. The second-order valence-corrected chi connectivity index (χ2v) is 2.69. The van der Waals surface area contributed by atoms with Crippen LogP contribution in [0.1, 0.15) is 13.3 Å². The summed E-state index contributed by atoms with van der Waals surface area (Å²) in [5.41, 5.74) is 0. The van der Waals surface area contributed by atoms with Crippen LogP contribution in [0, 0.1) is 5.92 Å². The van der Waals surface area contributed by atoms with Gasteiger partial charge in [0.1, 0.15) is 0 Å². The van der Waals surface area contributed by atoms with Gasteiger partial charge in [-0.05, 0) is 12.3 Å². The van der Waals surface area contributed by atoms with Crippen molar-refractivity contribution >= 4 is 5.97 Å². The van der Waals surface area contributed by atoms with Crippen molar-refractivity contribution in [3.8, 4) is 0 Å². The number of ether oxygens (including phenoxy) is 2. The molecule has 0 bridgehead atoms. The highest BCUT2D eigenvalue weighted by atomic mass is 16.6. The predicted octanol–water partition coefficient (Wildman–Crippen LogP) is 0.584. The molecule has 1 fully saturated rings. The summed E-state index contributed by atoms with van der Waals surface area (Å²) in [6.45, 7) is 2.74. The topological polar surface area (TPSA) is 35.5 Å². The molecule has 1 heterocycles. The zero-order valence-electron chi connectivity index (χ0n) is 6.29. The van der Waals surface area contributed by atoms with Crippen LogP contribution in [0.2, 0.25) is 0 Å². The van der Waals surface area contributed by atoms with E-state index in [0.29, 0.717) is 12.5 Å². The molecule has 10 heavy (non-hydrogen) atoms. The maximum absolute atomic E-state index is 10.8. The molecule has 1 saturated heterocycles. The summed E-state index contributed by atoms with van der Waals surface area (Å²) in [4.78, 5) is 10.8. The lowest BCUT2D eigenvalue weighted by molar-refractivity contribution is -0.151. The van der Waals surface area contributed by atoms with Gasteiger partial charge in [0.25, 0.3) is 0 Å². The number of carbonyl (C=O) groups is 1. The quantitative estimate of drug-likeness (QED) is 0.505. The standard InChI is InChI=1S/C7H12O3/c1-5-3-6(10-4-5)7(8)9-2/h5-6H,3-4H2,1-2H3/t5-,6-/m1/s1. The zero-order valence-corrected chi connectivity index (χ0v) is 6.29.